The molecular formula is C20H26FNO3. The predicted molar refractivity (Wildman–Crippen MR) is 91.6 cm³/mol. The fourth-order valence-corrected chi connectivity index (χ4v) is 5.88. The number of carbonyl (C=O) groups is 1. The van der Waals surface area contributed by atoms with Crippen LogP contribution < -0.4 is 0 Å². The summed E-state index contributed by atoms with van der Waals surface area (Å²) in [6.07, 6.45) is 4.78. The zero-order valence-corrected chi connectivity index (χ0v) is 14.4. The van der Waals surface area contributed by atoms with Crippen LogP contribution in [0.25, 0.3) is 0 Å². The second-order valence-corrected chi connectivity index (χ2v) is 8.08. The maximum atomic E-state index is 13.5. The van der Waals surface area contributed by atoms with E-state index < -0.39 is 5.41 Å². The van der Waals surface area contributed by atoms with Crippen LogP contribution in [0.4, 0.5) is 4.39 Å². The zero-order valence-electron chi connectivity index (χ0n) is 14.4. The average molecular weight is 347 g/mol. The van der Waals surface area contributed by atoms with Crippen LogP contribution in [0.5, 0.6) is 0 Å². The van der Waals surface area contributed by atoms with E-state index in [0.717, 1.165) is 31.1 Å². The van der Waals surface area contributed by atoms with E-state index >= 15 is 0 Å². The van der Waals surface area contributed by atoms with Crippen molar-refractivity contribution in [1.29, 1.82) is 0 Å². The molecule has 2 N–H and O–H groups in total. The SMILES string of the molecule is O=CC(N1CC(O)C1)C1(c2ccc(F)cc2)C2CCCC1CC(O)C2. The molecule has 1 saturated heterocycles. The third-order valence-electron chi connectivity index (χ3n) is 6.82. The number of rotatable bonds is 4. The lowest BCUT2D eigenvalue weighted by Crippen LogP contribution is -2.68. The highest BCUT2D eigenvalue weighted by molar-refractivity contribution is 5.63. The van der Waals surface area contributed by atoms with Gasteiger partial charge in [0.2, 0.25) is 0 Å². The van der Waals surface area contributed by atoms with Gasteiger partial charge >= 0.3 is 0 Å². The summed E-state index contributed by atoms with van der Waals surface area (Å²) in [7, 11) is 0. The van der Waals surface area contributed by atoms with Gasteiger partial charge in [-0.25, -0.2) is 4.39 Å². The lowest BCUT2D eigenvalue weighted by molar-refractivity contribution is -0.136. The monoisotopic (exact) mass is 347 g/mol. The van der Waals surface area contributed by atoms with Crippen LogP contribution in [0.2, 0.25) is 0 Å². The Kier molecular flexibility index (Phi) is 4.42. The molecule has 0 aromatic heterocycles. The summed E-state index contributed by atoms with van der Waals surface area (Å²) in [5.74, 6) is 0.128. The first-order chi connectivity index (χ1) is 12.1. The van der Waals surface area contributed by atoms with Gasteiger partial charge in [-0.05, 0) is 55.2 Å². The second kappa shape index (κ2) is 6.45. The highest BCUT2D eigenvalue weighted by atomic mass is 19.1. The molecule has 3 aliphatic rings. The summed E-state index contributed by atoms with van der Waals surface area (Å²) in [6.45, 7) is 1.02. The van der Waals surface area contributed by atoms with Crippen LogP contribution in [0.15, 0.2) is 24.3 Å². The number of nitrogens with zero attached hydrogens (tertiary/aromatic N) is 1. The Bertz CT molecular complexity index is 614. The normalized spacial score (nSPS) is 37.3. The predicted octanol–water partition coefficient (Wildman–Crippen LogP) is 1.88. The molecule has 136 valence electrons. The molecule has 2 aliphatic carbocycles. The molecule has 0 amide bonds. The number of aldehydes is 1. The van der Waals surface area contributed by atoms with E-state index in [1.165, 1.54) is 12.1 Å². The Morgan fingerprint density at radius 1 is 1.08 bits per heavy atom. The second-order valence-electron chi connectivity index (χ2n) is 8.08. The summed E-state index contributed by atoms with van der Waals surface area (Å²) in [6, 6.07) is 6.27. The molecule has 1 aromatic rings. The molecule has 4 rings (SSSR count). The molecule has 2 bridgehead atoms. The molecule has 3 atom stereocenters. The quantitative estimate of drug-likeness (QED) is 0.817. The fraction of sp³-hybridized carbons (Fsp3) is 0.650. The summed E-state index contributed by atoms with van der Waals surface area (Å²) >= 11 is 0. The molecule has 3 fully saturated rings. The van der Waals surface area contributed by atoms with E-state index in [1.54, 1.807) is 0 Å². The molecule has 3 unspecified atom stereocenters. The number of hydrogen-bond acceptors (Lipinski definition) is 4. The molecule has 4 nitrogen and oxygen atoms in total. The highest BCUT2D eigenvalue weighted by Gasteiger charge is 2.59. The van der Waals surface area contributed by atoms with Crippen LogP contribution in [0, 0.1) is 17.7 Å². The fourth-order valence-electron chi connectivity index (χ4n) is 5.88. The van der Waals surface area contributed by atoms with Gasteiger partial charge in [0.1, 0.15) is 12.1 Å². The highest BCUT2D eigenvalue weighted by Crippen LogP contribution is 2.57. The van der Waals surface area contributed by atoms with Crippen molar-refractivity contribution in [2.24, 2.45) is 11.8 Å². The van der Waals surface area contributed by atoms with Crippen LogP contribution in [0.1, 0.15) is 37.7 Å². The molecule has 1 aliphatic heterocycles. The summed E-state index contributed by atoms with van der Waals surface area (Å²) in [5.41, 5.74) is 0.613. The van der Waals surface area contributed by atoms with E-state index in [-0.39, 0.29) is 35.9 Å². The van der Waals surface area contributed by atoms with Crippen molar-refractivity contribution in [2.45, 2.75) is 55.8 Å². The van der Waals surface area contributed by atoms with Crippen molar-refractivity contribution in [3.63, 3.8) is 0 Å². The number of aliphatic hydroxyl groups is 2. The Hall–Kier alpha value is -1.30. The summed E-state index contributed by atoms with van der Waals surface area (Å²) in [5, 5.41) is 20.1. The van der Waals surface area contributed by atoms with Gasteiger partial charge in [0, 0.05) is 18.5 Å². The van der Waals surface area contributed by atoms with Gasteiger partial charge in [0.05, 0.1) is 18.2 Å². The van der Waals surface area contributed by atoms with E-state index in [0.29, 0.717) is 25.9 Å². The molecule has 5 heteroatoms. The van der Waals surface area contributed by atoms with Crippen LogP contribution in [0.3, 0.4) is 0 Å². The smallest absolute Gasteiger partial charge is 0.138 e. The van der Waals surface area contributed by atoms with E-state index in [1.807, 2.05) is 12.1 Å². The lowest BCUT2D eigenvalue weighted by atomic mass is 9.48. The maximum absolute atomic E-state index is 13.5. The van der Waals surface area contributed by atoms with Crippen molar-refractivity contribution in [2.75, 3.05) is 13.1 Å². The third-order valence-corrected chi connectivity index (χ3v) is 6.82. The minimum absolute atomic E-state index is 0.202. The van der Waals surface area contributed by atoms with Crippen molar-refractivity contribution in [1.82, 2.24) is 4.90 Å². The number of hydrogen-bond donors (Lipinski definition) is 2. The summed E-state index contributed by atoms with van der Waals surface area (Å²) < 4.78 is 13.5. The van der Waals surface area contributed by atoms with Crippen LogP contribution >= 0.6 is 0 Å². The van der Waals surface area contributed by atoms with Crippen molar-refractivity contribution in [3.05, 3.63) is 35.6 Å². The molecule has 25 heavy (non-hydrogen) atoms. The van der Waals surface area contributed by atoms with Gasteiger partial charge in [-0.3, -0.25) is 4.90 Å². The maximum Gasteiger partial charge on any atom is 0.138 e. The van der Waals surface area contributed by atoms with Gasteiger partial charge in [0.25, 0.3) is 0 Å². The van der Waals surface area contributed by atoms with E-state index in [4.69, 9.17) is 0 Å². The Morgan fingerprint density at radius 3 is 2.20 bits per heavy atom. The van der Waals surface area contributed by atoms with Gasteiger partial charge < -0.3 is 15.0 Å². The molecule has 2 saturated carbocycles. The first-order valence-electron chi connectivity index (χ1n) is 9.37. The standard InChI is InChI=1S/C20H26FNO3/c21-16-6-4-13(5-7-16)20(19(12-23)22-10-18(25)11-22)14-2-1-3-15(20)9-17(24)8-14/h4-7,12,14-15,17-19,24-25H,1-3,8-11H2. The Labute approximate surface area is 147 Å². The Balaban J connectivity index is 1.83. The molecule has 0 spiro atoms. The minimum atomic E-state index is -0.396. The zero-order chi connectivity index (χ0) is 17.6. The number of β-amino-alcohol motifs (C(OH)–C–C–N with tert-alkyl or cyclic N) is 1. The van der Waals surface area contributed by atoms with Gasteiger partial charge in [-0.2, -0.15) is 0 Å². The number of aliphatic hydroxyl groups excluding tert-OH is 2. The number of halogens is 1. The van der Waals surface area contributed by atoms with Crippen LogP contribution in [-0.2, 0) is 10.2 Å². The Morgan fingerprint density at radius 2 is 1.68 bits per heavy atom. The lowest BCUT2D eigenvalue weighted by Gasteiger charge is -2.60. The molecule has 1 heterocycles. The molecule has 1 aromatic carbocycles. The third kappa shape index (κ3) is 2.64. The number of fused-ring (bicyclic) bond motifs is 2. The van der Waals surface area contributed by atoms with Crippen molar-refractivity contribution in [3.8, 4) is 0 Å². The van der Waals surface area contributed by atoms with Gasteiger partial charge in [-0.15, -0.1) is 0 Å². The topological polar surface area (TPSA) is 60.8 Å². The first-order valence-corrected chi connectivity index (χ1v) is 9.37. The van der Waals surface area contributed by atoms with Crippen LogP contribution in [-0.4, -0.2) is 52.7 Å². The molecular weight excluding hydrogens is 321 g/mol. The summed E-state index contributed by atoms with van der Waals surface area (Å²) in [4.78, 5) is 14.3. The average Bonchev–Trinajstić information content (AvgIpc) is 2.55. The van der Waals surface area contributed by atoms with E-state index in [9.17, 15) is 19.4 Å². The van der Waals surface area contributed by atoms with Crippen molar-refractivity contribution < 1.29 is 19.4 Å². The number of benzene rings is 1. The minimum Gasteiger partial charge on any atom is -0.393 e. The van der Waals surface area contributed by atoms with Gasteiger partial charge in [0.15, 0.2) is 0 Å². The number of likely N-dealkylation sites (tertiary alicyclic amines) is 1. The first kappa shape index (κ1) is 17.1. The van der Waals surface area contributed by atoms with Crippen molar-refractivity contribution >= 4 is 6.29 Å². The van der Waals surface area contributed by atoms with E-state index in [2.05, 4.69) is 4.90 Å². The largest absolute Gasteiger partial charge is 0.393 e. The number of carbonyl (C=O) groups excluding carboxylic acids is 1. The molecule has 0 radical (unpaired) electrons. The van der Waals surface area contributed by atoms with Gasteiger partial charge in [-0.1, -0.05) is 18.6 Å².